The highest BCUT2D eigenvalue weighted by Gasteiger charge is 2.53. The van der Waals surface area contributed by atoms with E-state index in [-0.39, 0.29) is 22.7 Å². The van der Waals surface area contributed by atoms with E-state index < -0.39 is 0 Å². The fraction of sp³-hybridized carbons (Fsp3) is 0.632. The number of hydrogen-bond acceptors (Lipinski definition) is 2. The third kappa shape index (κ3) is 1.99. The normalized spacial score (nSPS) is 34.0. The monoisotopic (exact) mass is 286 g/mol. The predicted molar refractivity (Wildman–Crippen MR) is 84.6 cm³/mol. The Kier molecular flexibility index (Phi) is 3.29. The van der Waals surface area contributed by atoms with E-state index in [9.17, 15) is 9.90 Å². The zero-order chi connectivity index (χ0) is 15.4. The van der Waals surface area contributed by atoms with E-state index in [1.807, 2.05) is 12.1 Å². The molecule has 0 aliphatic heterocycles. The maximum absolute atomic E-state index is 11.9. The van der Waals surface area contributed by atoms with Gasteiger partial charge in [0.1, 0.15) is 0 Å². The standard InChI is InChI=1S/C19H26O2/c1-12(20)13-6-5-7-15-14(13)8-9-16-18(2,3)17(21)10-11-19(15,16)4/h5-7,16-17,21H,8-11H2,1-4H3/t16-,17-,19+/m0/s1. The predicted octanol–water partition coefficient (Wildman–Crippen LogP) is 3.89. The maximum Gasteiger partial charge on any atom is 0.160 e. The molecule has 0 aromatic heterocycles. The SMILES string of the molecule is CC(=O)c1cccc2c1CC[C@H]1C(C)(C)[C@@H](O)CC[C@]21C. The van der Waals surface area contributed by atoms with Gasteiger partial charge in [-0.05, 0) is 60.5 Å². The zero-order valence-corrected chi connectivity index (χ0v) is 13.6. The van der Waals surface area contributed by atoms with Gasteiger partial charge < -0.3 is 5.11 Å². The van der Waals surface area contributed by atoms with Crippen molar-refractivity contribution in [2.75, 3.05) is 0 Å². The minimum absolute atomic E-state index is 0.0586. The van der Waals surface area contributed by atoms with Crippen molar-refractivity contribution in [2.24, 2.45) is 11.3 Å². The second kappa shape index (κ2) is 4.67. The van der Waals surface area contributed by atoms with Gasteiger partial charge >= 0.3 is 0 Å². The molecule has 21 heavy (non-hydrogen) atoms. The molecule has 2 nitrogen and oxygen atoms in total. The molecule has 114 valence electrons. The minimum Gasteiger partial charge on any atom is -0.393 e. The van der Waals surface area contributed by atoms with E-state index >= 15 is 0 Å². The number of aliphatic hydroxyl groups excluding tert-OH is 1. The van der Waals surface area contributed by atoms with Gasteiger partial charge in [-0.25, -0.2) is 0 Å². The molecule has 0 radical (unpaired) electrons. The first-order valence-corrected chi connectivity index (χ1v) is 8.10. The molecular formula is C19H26O2. The van der Waals surface area contributed by atoms with E-state index in [2.05, 4.69) is 26.8 Å². The molecule has 3 atom stereocenters. The Morgan fingerprint density at radius 3 is 2.62 bits per heavy atom. The first kappa shape index (κ1) is 14.8. The summed E-state index contributed by atoms with van der Waals surface area (Å²) < 4.78 is 0. The number of carbonyl (C=O) groups excluding carboxylic acids is 1. The molecule has 1 N–H and O–H groups in total. The lowest BCUT2D eigenvalue weighted by atomic mass is 9.49. The highest BCUT2D eigenvalue weighted by atomic mass is 16.3. The summed E-state index contributed by atoms with van der Waals surface area (Å²) in [4.78, 5) is 11.9. The van der Waals surface area contributed by atoms with Crippen LogP contribution in [0.4, 0.5) is 0 Å². The summed E-state index contributed by atoms with van der Waals surface area (Å²) in [6.45, 7) is 8.42. The Labute approximate surface area is 127 Å². The molecule has 1 aromatic rings. The van der Waals surface area contributed by atoms with Crippen LogP contribution in [-0.4, -0.2) is 17.0 Å². The number of Topliss-reactive ketones (excluding diaryl/α,β-unsaturated/α-hetero) is 1. The van der Waals surface area contributed by atoms with Crippen molar-refractivity contribution in [1.29, 1.82) is 0 Å². The van der Waals surface area contributed by atoms with Crippen molar-refractivity contribution in [3.05, 3.63) is 34.9 Å². The van der Waals surface area contributed by atoms with Crippen LogP contribution < -0.4 is 0 Å². The van der Waals surface area contributed by atoms with Crippen LogP contribution in [0.25, 0.3) is 0 Å². The molecule has 2 aliphatic carbocycles. The van der Waals surface area contributed by atoms with Crippen LogP contribution in [0.1, 0.15) is 68.4 Å². The molecule has 1 aromatic carbocycles. The molecule has 0 spiro atoms. The van der Waals surface area contributed by atoms with Gasteiger partial charge in [0.05, 0.1) is 6.10 Å². The van der Waals surface area contributed by atoms with Crippen molar-refractivity contribution in [2.45, 2.75) is 64.9 Å². The van der Waals surface area contributed by atoms with Gasteiger partial charge in [-0.1, -0.05) is 39.0 Å². The second-order valence-corrected chi connectivity index (χ2v) is 7.77. The van der Waals surface area contributed by atoms with Crippen LogP contribution in [0.3, 0.4) is 0 Å². The Morgan fingerprint density at radius 2 is 1.95 bits per heavy atom. The van der Waals surface area contributed by atoms with E-state index in [0.717, 1.165) is 31.2 Å². The number of fused-ring (bicyclic) bond motifs is 3. The average molecular weight is 286 g/mol. The van der Waals surface area contributed by atoms with Gasteiger partial charge in [-0.15, -0.1) is 0 Å². The van der Waals surface area contributed by atoms with Gasteiger partial charge in [-0.3, -0.25) is 4.79 Å². The number of hydrogen-bond donors (Lipinski definition) is 1. The summed E-state index contributed by atoms with van der Waals surface area (Å²) in [5.74, 6) is 0.646. The van der Waals surface area contributed by atoms with E-state index in [0.29, 0.717) is 5.92 Å². The summed E-state index contributed by atoms with van der Waals surface area (Å²) in [6.07, 6.45) is 3.67. The van der Waals surface area contributed by atoms with E-state index in [1.54, 1.807) is 6.92 Å². The number of rotatable bonds is 1. The topological polar surface area (TPSA) is 37.3 Å². The lowest BCUT2D eigenvalue weighted by Gasteiger charge is -2.56. The number of benzene rings is 1. The first-order chi connectivity index (χ1) is 9.78. The Morgan fingerprint density at radius 1 is 1.24 bits per heavy atom. The van der Waals surface area contributed by atoms with Gasteiger partial charge in [0, 0.05) is 5.56 Å². The molecule has 1 saturated carbocycles. The minimum atomic E-state index is -0.215. The average Bonchev–Trinajstić information content (AvgIpc) is 2.43. The summed E-state index contributed by atoms with van der Waals surface area (Å²) in [7, 11) is 0. The van der Waals surface area contributed by atoms with Gasteiger partial charge in [0.25, 0.3) is 0 Å². The molecule has 2 heteroatoms. The van der Waals surface area contributed by atoms with Crippen LogP contribution in [0.15, 0.2) is 18.2 Å². The highest BCUT2D eigenvalue weighted by molar-refractivity contribution is 5.96. The summed E-state index contributed by atoms with van der Waals surface area (Å²) >= 11 is 0. The molecule has 3 rings (SSSR count). The quantitative estimate of drug-likeness (QED) is 0.795. The lowest BCUT2D eigenvalue weighted by Crippen LogP contribution is -2.54. The van der Waals surface area contributed by atoms with Crippen LogP contribution in [0.5, 0.6) is 0 Å². The third-order valence-corrected chi connectivity index (χ3v) is 6.32. The molecule has 2 aliphatic rings. The fourth-order valence-corrected chi connectivity index (χ4v) is 5.06. The van der Waals surface area contributed by atoms with Crippen molar-refractivity contribution in [1.82, 2.24) is 0 Å². The van der Waals surface area contributed by atoms with Crippen LogP contribution in [0, 0.1) is 11.3 Å². The van der Waals surface area contributed by atoms with Gasteiger partial charge in [0.15, 0.2) is 5.78 Å². The highest BCUT2D eigenvalue weighted by Crippen LogP contribution is 2.57. The smallest absolute Gasteiger partial charge is 0.160 e. The lowest BCUT2D eigenvalue weighted by molar-refractivity contribution is -0.0731. The van der Waals surface area contributed by atoms with Crippen LogP contribution in [-0.2, 0) is 11.8 Å². The Bertz CT molecular complexity index is 587. The molecular weight excluding hydrogens is 260 g/mol. The summed E-state index contributed by atoms with van der Waals surface area (Å²) in [5.41, 5.74) is 3.54. The van der Waals surface area contributed by atoms with Gasteiger partial charge in [-0.2, -0.15) is 0 Å². The largest absolute Gasteiger partial charge is 0.393 e. The molecule has 0 saturated heterocycles. The van der Waals surface area contributed by atoms with E-state index in [1.165, 1.54) is 11.1 Å². The number of carbonyl (C=O) groups is 1. The third-order valence-electron chi connectivity index (χ3n) is 6.32. The molecule has 0 amide bonds. The fourth-order valence-electron chi connectivity index (χ4n) is 5.06. The molecule has 0 bridgehead atoms. The number of aliphatic hydroxyl groups is 1. The van der Waals surface area contributed by atoms with E-state index in [4.69, 9.17) is 0 Å². The molecule has 0 heterocycles. The molecule has 1 fully saturated rings. The Hall–Kier alpha value is -1.15. The van der Waals surface area contributed by atoms with Crippen molar-refractivity contribution in [3.8, 4) is 0 Å². The summed E-state index contributed by atoms with van der Waals surface area (Å²) in [5, 5.41) is 10.4. The van der Waals surface area contributed by atoms with Crippen LogP contribution >= 0.6 is 0 Å². The zero-order valence-electron chi connectivity index (χ0n) is 13.6. The number of ketones is 1. The first-order valence-electron chi connectivity index (χ1n) is 8.10. The second-order valence-electron chi connectivity index (χ2n) is 7.77. The molecule has 0 unspecified atom stereocenters. The van der Waals surface area contributed by atoms with Crippen LogP contribution in [0.2, 0.25) is 0 Å². The summed E-state index contributed by atoms with van der Waals surface area (Å²) in [6, 6.07) is 6.20. The van der Waals surface area contributed by atoms with Gasteiger partial charge in [0.2, 0.25) is 0 Å². The maximum atomic E-state index is 11.9. The Balaban J connectivity index is 2.15. The van der Waals surface area contributed by atoms with Crippen molar-refractivity contribution >= 4 is 5.78 Å². The van der Waals surface area contributed by atoms with Crippen molar-refractivity contribution in [3.63, 3.8) is 0 Å². The van der Waals surface area contributed by atoms with Crippen molar-refractivity contribution < 1.29 is 9.90 Å².